The summed E-state index contributed by atoms with van der Waals surface area (Å²) in [4.78, 5) is 12.2. The molecule has 0 aliphatic heterocycles. The van der Waals surface area contributed by atoms with Crippen molar-refractivity contribution in [1.29, 1.82) is 0 Å². The molecule has 0 radical (unpaired) electrons. The van der Waals surface area contributed by atoms with Gasteiger partial charge in [0.1, 0.15) is 0 Å². The molecule has 0 bridgehead atoms. The first-order chi connectivity index (χ1) is 9.57. The number of benzene rings is 1. The van der Waals surface area contributed by atoms with Crippen LogP contribution < -0.4 is 10.5 Å². The van der Waals surface area contributed by atoms with E-state index in [1.54, 1.807) is 6.92 Å². The van der Waals surface area contributed by atoms with Crippen molar-refractivity contribution in [1.82, 2.24) is 5.32 Å². The van der Waals surface area contributed by atoms with Gasteiger partial charge in [0.05, 0.1) is 4.90 Å². The van der Waals surface area contributed by atoms with Crippen LogP contribution in [0.4, 0.5) is 0 Å². The molecule has 0 aliphatic carbocycles. The maximum atomic E-state index is 12.4. The van der Waals surface area contributed by atoms with Crippen molar-refractivity contribution in [3.05, 3.63) is 28.3 Å². The number of halogens is 1. The van der Waals surface area contributed by atoms with E-state index in [0.29, 0.717) is 5.56 Å². The second-order valence-electron chi connectivity index (χ2n) is 5.35. The number of rotatable bonds is 5. The molecule has 118 valence electrons. The first-order valence-electron chi connectivity index (χ1n) is 6.71. The quantitative estimate of drug-likeness (QED) is 0.867. The van der Waals surface area contributed by atoms with Crippen LogP contribution in [-0.4, -0.2) is 20.4 Å². The van der Waals surface area contributed by atoms with Crippen molar-refractivity contribution in [2.75, 3.05) is 0 Å². The van der Waals surface area contributed by atoms with Crippen molar-refractivity contribution in [2.45, 2.75) is 45.1 Å². The van der Waals surface area contributed by atoms with Gasteiger partial charge < -0.3 is 5.32 Å². The van der Waals surface area contributed by atoms with E-state index in [-0.39, 0.29) is 33.3 Å². The van der Waals surface area contributed by atoms with Gasteiger partial charge in [-0.15, -0.1) is 0 Å². The summed E-state index contributed by atoms with van der Waals surface area (Å²) < 4.78 is 22.9. The highest BCUT2D eigenvalue weighted by Gasteiger charge is 2.20. The summed E-state index contributed by atoms with van der Waals surface area (Å²) >= 11 is 6.00. The number of hydrogen-bond acceptors (Lipinski definition) is 3. The van der Waals surface area contributed by atoms with Gasteiger partial charge in [0.2, 0.25) is 10.0 Å². The average molecular weight is 333 g/mol. The highest BCUT2D eigenvalue weighted by molar-refractivity contribution is 7.89. The lowest BCUT2D eigenvalue weighted by atomic mass is 10.0. The molecular formula is C14H21ClN2O3S. The zero-order valence-corrected chi connectivity index (χ0v) is 14.2. The summed E-state index contributed by atoms with van der Waals surface area (Å²) in [6, 6.07) is 2.52. The predicted molar refractivity (Wildman–Crippen MR) is 83.9 cm³/mol. The maximum absolute atomic E-state index is 12.4. The molecule has 0 spiro atoms. The Bertz CT molecular complexity index is 642. The zero-order valence-electron chi connectivity index (χ0n) is 12.6. The summed E-state index contributed by atoms with van der Waals surface area (Å²) in [5, 5.41) is 8.20. The number of carbonyl (C=O) groups is 1. The second-order valence-corrected chi connectivity index (χ2v) is 7.32. The maximum Gasteiger partial charge on any atom is 0.251 e. The fraction of sp³-hybridized carbons (Fsp3) is 0.500. The summed E-state index contributed by atoms with van der Waals surface area (Å²) in [7, 11) is -3.91. The Balaban J connectivity index is 3.24. The number of nitrogens with two attached hydrogens (primary N) is 1. The molecule has 0 aliphatic rings. The Hall–Kier alpha value is -1.11. The third-order valence-electron chi connectivity index (χ3n) is 3.45. The van der Waals surface area contributed by atoms with E-state index < -0.39 is 10.0 Å². The number of hydrogen-bond donors (Lipinski definition) is 2. The third kappa shape index (κ3) is 4.43. The predicted octanol–water partition coefficient (Wildman–Crippen LogP) is 2.46. The molecule has 0 saturated carbocycles. The van der Waals surface area contributed by atoms with Crippen LogP contribution in [0.5, 0.6) is 0 Å². The van der Waals surface area contributed by atoms with Crippen molar-refractivity contribution >= 4 is 27.5 Å². The Labute approximate surface area is 130 Å². The van der Waals surface area contributed by atoms with Crippen LogP contribution in [0.3, 0.4) is 0 Å². The van der Waals surface area contributed by atoms with Crippen LogP contribution in [0.1, 0.15) is 43.1 Å². The minimum Gasteiger partial charge on any atom is -0.349 e. The molecule has 1 aromatic carbocycles. The van der Waals surface area contributed by atoms with Gasteiger partial charge in [-0.05, 0) is 37.0 Å². The number of nitrogens with one attached hydrogen (secondary N) is 1. The SMILES string of the molecule is CCC(NC(=O)c1cc(S(N)(=O)=O)cc(Cl)c1C)C(C)C. The first kappa shape index (κ1) is 17.9. The molecule has 3 N–H and O–H groups in total. The lowest BCUT2D eigenvalue weighted by Gasteiger charge is -2.21. The summed E-state index contributed by atoms with van der Waals surface area (Å²) in [6.45, 7) is 7.66. The van der Waals surface area contributed by atoms with E-state index in [0.717, 1.165) is 6.42 Å². The van der Waals surface area contributed by atoms with Gasteiger partial charge in [-0.3, -0.25) is 4.79 Å². The van der Waals surface area contributed by atoms with E-state index >= 15 is 0 Å². The molecule has 1 atom stereocenters. The van der Waals surface area contributed by atoms with Crippen molar-refractivity contribution in [2.24, 2.45) is 11.1 Å². The van der Waals surface area contributed by atoms with E-state index in [2.05, 4.69) is 5.32 Å². The topological polar surface area (TPSA) is 89.3 Å². The Kier molecular flexibility index (Phi) is 5.78. The molecule has 0 heterocycles. The number of amides is 1. The van der Waals surface area contributed by atoms with Gasteiger partial charge in [-0.2, -0.15) is 0 Å². The molecule has 1 unspecified atom stereocenters. The molecule has 5 nitrogen and oxygen atoms in total. The fourth-order valence-corrected chi connectivity index (χ4v) is 2.89. The van der Waals surface area contributed by atoms with Crippen LogP contribution in [-0.2, 0) is 10.0 Å². The van der Waals surface area contributed by atoms with Crippen LogP contribution >= 0.6 is 11.6 Å². The molecule has 0 aromatic heterocycles. The molecule has 1 amide bonds. The Morgan fingerprint density at radius 2 is 1.95 bits per heavy atom. The molecular weight excluding hydrogens is 312 g/mol. The van der Waals surface area contributed by atoms with E-state index in [1.807, 2.05) is 20.8 Å². The zero-order chi connectivity index (χ0) is 16.4. The van der Waals surface area contributed by atoms with Gasteiger partial charge in [0.25, 0.3) is 5.91 Å². The fourth-order valence-electron chi connectivity index (χ4n) is 2.04. The highest BCUT2D eigenvalue weighted by Crippen LogP contribution is 2.24. The monoisotopic (exact) mass is 332 g/mol. The normalized spacial score (nSPS) is 13.3. The van der Waals surface area contributed by atoms with E-state index in [1.165, 1.54) is 12.1 Å². The van der Waals surface area contributed by atoms with Gasteiger partial charge in [0.15, 0.2) is 0 Å². The molecule has 1 aromatic rings. The standard InChI is InChI=1S/C14H21ClN2O3S/c1-5-13(8(2)3)17-14(18)11-6-10(21(16,19)20)7-12(15)9(11)4/h6-8,13H,5H2,1-4H3,(H,17,18)(H2,16,19,20). The summed E-state index contributed by atoms with van der Waals surface area (Å²) in [6.07, 6.45) is 0.783. The van der Waals surface area contributed by atoms with Crippen molar-refractivity contribution in [3.8, 4) is 0 Å². The van der Waals surface area contributed by atoms with Gasteiger partial charge in [-0.25, -0.2) is 13.6 Å². The minimum atomic E-state index is -3.91. The lowest BCUT2D eigenvalue weighted by Crippen LogP contribution is -2.38. The average Bonchev–Trinajstić information content (AvgIpc) is 2.36. The Morgan fingerprint density at radius 1 is 1.38 bits per heavy atom. The van der Waals surface area contributed by atoms with Crippen LogP contribution in [0, 0.1) is 12.8 Å². The van der Waals surface area contributed by atoms with Crippen molar-refractivity contribution < 1.29 is 13.2 Å². The largest absolute Gasteiger partial charge is 0.349 e. The molecule has 7 heteroatoms. The summed E-state index contributed by atoms with van der Waals surface area (Å²) in [5.74, 6) is -0.0726. The van der Waals surface area contributed by atoms with Crippen LogP contribution in [0.2, 0.25) is 5.02 Å². The first-order valence-corrected chi connectivity index (χ1v) is 8.64. The number of sulfonamides is 1. The third-order valence-corrected chi connectivity index (χ3v) is 4.74. The van der Waals surface area contributed by atoms with Gasteiger partial charge >= 0.3 is 0 Å². The van der Waals surface area contributed by atoms with Crippen LogP contribution in [0.15, 0.2) is 17.0 Å². The molecule has 0 saturated heterocycles. The number of primary sulfonamides is 1. The second kappa shape index (κ2) is 6.77. The Morgan fingerprint density at radius 3 is 2.38 bits per heavy atom. The summed E-state index contributed by atoms with van der Waals surface area (Å²) in [5.41, 5.74) is 0.755. The van der Waals surface area contributed by atoms with Crippen molar-refractivity contribution in [3.63, 3.8) is 0 Å². The molecule has 21 heavy (non-hydrogen) atoms. The molecule has 0 fully saturated rings. The van der Waals surface area contributed by atoms with E-state index in [4.69, 9.17) is 16.7 Å². The van der Waals surface area contributed by atoms with Gasteiger partial charge in [0, 0.05) is 16.6 Å². The van der Waals surface area contributed by atoms with Crippen LogP contribution in [0.25, 0.3) is 0 Å². The van der Waals surface area contributed by atoms with E-state index in [9.17, 15) is 13.2 Å². The van der Waals surface area contributed by atoms with Gasteiger partial charge in [-0.1, -0.05) is 32.4 Å². The lowest BCUT2D eigenvalue weighted by molar-refractivity contribution is 0.0924. The number of carbonyl (C=O) groups excluding carboxylic acids is 1. The minimum absolute atomic E-state index is 0.00816. The smallest absolute Gasteiger partial charge is 0.251 e. The highest BCUT2D eigenvalue weighted by atomic mass is 35.5. The molecule has 1 rings (SSSR count).